The molecule has 0 amide bonds. The number of nitrogens with zero attached hydrogens (tertiary/aromatic N) is 1. The molecule has 0 atom stereocenters. The summed E-state index contributed by atoms with van der Waals surface area (Å²) in [5.74, 6) is 0. The molecule has 4 nitrogen and oxygen atoms in total. The van der Waals surface area contributed by atoms with E-state index >= 15 is 0 Å². The molecule has 20 heavy (non-hydrogen) atoms. The van der Waals surface area contributed by atoms with E-state index in [1.165, 1.54) is 5.56 Å². The molecule has 0 aromatic heterocycles. The Labute approximate surface area is 122 Å². The fourth-order valence-electron chi connectivity index (χ4n) is 1.64. The van der Waals surface area contributed by atoms with E-state index in [1.54, 1.807) is 27.7 Å². The Balaban J connectivity index is 2.76. The predicted molar refractivity (Wildman–Crippen MR) is 82.9 cm³/mol. The van der Waals surface area contributed by atoms with Crippen LogP contribution in [0.25, 0.3) is 0 Å². The molecule has 0 heterocycles. The quantitative estimate of drug-likeness (QED) is 0.763. The maximum absolute atomic E-state index is 10.1. The first-order valence-electron chi connectivity index (χ1n) is 6.85. The highest BCUT2D eigenvalue weighted by Gasteiger charge is 2.39. The molecule has 0 saturated carbocycles. The average molecular weight is 279 g/mol. The zero-order chi connectivity index (χ0) is 15.6. The molecule has 0 spiro atoms. The lowest BCUT2D eigenvalue weighted by Gasteiger charge is -2.38. The summed E-state index contributed by atoms with van der Waals surface area (Å²) in [4.78, 5) is 2.08. The average Bonchev–Trinajstić information content (AvgIpc) is 2.26. The zero-order valence-corrected chi connectivity index (χ0v) is 13.3. The molecular weight excluding hydrogens is 253 g/mol. The van der Waals surface area contributed by atoms with Crippen LogP contribution >= 0.6 is 0 Å². The van der Waals surface area contributed by atoms with Gasteiger partial charge in [-0.3, -0.25) is 0 Å². The molecule has 0 aliphatic heterocycles. The number of hydrogen-bond donors (Lipinski definition) is 2. The summed E-state index contributed by atoms with van der Waals surface area (Å²) < 4.78 is 5.60. The fraction of sp³-hybridized carbons (Fsp3) is 0.600. The van der Waals surface area contributed by atoms with Crippen molar-refractivity contribution >= 4 is 12.6 Å². The monoisotopic (exact) mass is 279 g/mol. The summed E-state index contributed by atoms with van der Waals surface area (Å²) >= 11 is 0. The summed E-state index contributed by atoms with van der Waals surface area (Å²) in [6, 6.07) is 7.64. The van der Waals surface area contributed by atoms with Gasteiger partial charge in [-0.1, -0.05) is 24.3 Å². The Morgan fingerprint density at radius 3 is 2.00 bits per heavy atom. The number of benzene rings is 1. The summed E-state index contributed by atoms with van der Waals surface area (Å²) in [5, 5.41) is 20.2. The van der Waals surface area contributed by atoms with E-state index in [0.29, 0.717) is 5.46 Å². The first-order valence-corrected chi connectivity index (χ1v) is 6.85. The minimum Gasteiger partial charge on any atom is -0.423 e. The highest BCUT2D eigenvalue weighted by Crippen LogP contribution is 2.25. The van der Waals surface area contributed by atoms with Crippen molar-refractivity contribution in [2.45, 2.75) is 45.4 Å². The van der Waals surface area contributed by atoms with Crippen LogP contribution in [0.4, 0.5) is 0 Å². The lowest BCUT2D eigenvalue weighted by Crippen LogP contribution is -2.53. The van der Waals surface area contributed by atoms with Gasteiger partial charge in [0, 0.05) is 6.54 Å². The van der Waals surface area contributed by atoms with E-state index in [4.69, 9.17) is 4.65 Å². The molecule has 1 rings (SSSR count). The summed E-state index contributed by atoms with van der Waals surface area (Å²) in [6.45, 7) is 7.71. The molecule has 0 fully saturated rings. The van der Waals surface area contributed by atoms with Crippen molar-refractivity contribution in [2.24, 2.45) is 0 Å². The third-order valence-electron chi connectivity index (χ3n) is 3.64. The topological polar surface area (TPSA) is 52.9 Å². The van der Waals surface area contributed by atoms with Gasteiger partial charge < -0.3 is 19.7 Å². The van der Waals surface area contributed by atoms with E-state index in [0.717, 1.165) is 6.54 Å². The van der Waals surface area contributed by atoms with Crippen LogP contribution in [0.1, 0.15) is 33.3 Å². The van der Waals surface area contributed by atoms with Gasteiger partial charge in [-0.2, -0.15) is 0 Å². The van der Waals surface area contributed by atoms with Crippen LogP contribution in [0, 0.1) is 0 Å². The third-order valence-corrected chi connectivity index (χ3v) is 3.64. The Morgan fingerprint density at radius 1 is 1.10 bits per heavy atom. The van der Waals surface area contributed by atoms with Gasteiger partial charge in [0.05, 0.1) is 11.2 Å². The molecule has 0 unspecified atom stereocenters. The first kappa shape index (κ1) is 17.2. The lowest BCUT2D eigenvalue weighted by molar-refractivity contribution is -0.0982. The second-order valence-electron chi connectivity index (χ2n) is 6.52. The van der Waals surface area contributed by atoms with Crippen molar-refractivity contribution < 1.29 is 14.8 Å². The second kappa shape index (κ2) is 6.27. The predicted octanol–water partition coefficient (Wildman–Crippen LogP) is 1.00. The molecule has 0 aliphatic rings. The normalized spacial score (nSPS) is 12.8. The standard InChI is InChI=1S/C15H26BNO3/c1-14(2,18)15(3,4)20-16(19)13-9-7-12(8-10-13)11-17(5)6/h7-10,18-19H,11H2,1-6H3. The Bertz CT molecular complexity index is 424. The van der Waals surface area contributed by atoms with Crippen molar-refractivity contribution in [3.8, 4) is 0 Å². The highest BCUT2D eigenvalue weighted by atomic mass is 16.5. The molecule has 112 valence electrons. The van der Waals surface area contributed by atoms with Crippen LogP contribution in [0.3, 0.4) is 0 Å². The lowest BCUT2D eigenvalue weighted by atomic mass is 9.76. The molecule has 0 saturated heterocycles. The third kappa shape index (κ3) is 4.60. The van der Waals surface area contributed by atoms with Gasteiger partial charge in [0.25, 0.3) is 0 Å². The van der Waals surface area contributed by atoms with Crippen LogP contribution in [0.15, 0.2) is 24.3 Å². The number of aliphatic hydroxyl groups is 1. The van der Waals surface area contributed by atoms with Crippen molar-refractivity contribution in [3.63, 3.8) is 0 Å². The molecule has 0 radical (unpaired) electrons. The zero-order valence-electron chi connectivity index (χ0n) is 13.3. The maximum Gasteiger partial charge on any atom is 0.491 e. The van der Waals surface area contributed by atoms with E-state index < -0.39 is 18.3 Å². The van der Waals surface area contributed by atoms with E-state index in [-0.39, 0.29) is 0 Å². The first-order chi connectivity index (χ1) is 9.03. The number of hydrogen-bond acceptors (Lipinski definition) is 4. The number of rotatable bonds is 6. The summed E-state index contributed by atoms with van der Waals surface area (Å²) in [6.07, 6.45) is 0. The van der Waals surface area contributed by atoms with Gasteiger partial charge in [-0.15, -0.1) is 0 Å². The maximum atomic E-state index is 10.1. The molecule has 5 heteroatoms. The smallest absolute Gasteiger partial charge is 0.423 e. The second-order valence-corrected chi connectivity index (χ2v) is 6.52. The van der Waals surface area contributed by atoms with E-state index in [9.17, 15) is 10.1 Å². The van der Waals surface area contributed by atoms with Crippen LogP contribution in [0.5, 0.6) is 0 Å². The Morgan fingerprint density at radius 2 is 1.60 bits per heavy atom. The highest BCUT2D eigenvalue weighted by molar-refractivity contribution is 6.60. The Hall–Kier alpha value is -0.875. The molecule has 0 aliphatic carbocycles. The molecule has 1 aromatic carbocycles. The van der Waals surface area contributed by atoms with Crippen molar-refractivity contribution in [3.05, 3.63) is 29.8 Å². The van der Waals surface area contributed by atoms with Crippen molar-refractivity contribution in [1.29, 1.82) is 0 Å². The van der Waals surface area contributed by atoms with Gasteiger partial charge in [-0.25, -0.2) is 0 Å². The van der Waals surface area contributed by atoms with Gasteiger partial charge in [-0.05, 0) is 52.8 Å². The molecule has 1 aromatic rings. The van der Waals surface area contributed by atoms with Crippen LogP contribution in [-0.4, -0.2) is 47.4 Å². The van der Waals surface area contributed by atoms with Crippen LogP contribution < -0.4 is 5.46 Å². The molecular formula is C15H26BNO3. The van der Waals surface area contributed by atoms with Crippen molar-refractivity contribution in [1.82, 2.24) is 4.90 Å². The summed E-state index contributed by atoms with van der Waals surface area (Å²) in [7, 11) is 2.97. The van der Waals surface area contributed by atoms with Crippen LogP contribution in [0.2, 0.25) is 0 Å². The van der Waals surface area contributed by atoms with E-state index in [2.05, 4.69) is 4.90 Å². The molecule has 2 N–H and O–H groups in total. The largest absolute Gasteiger partial charge is 0.491 e. The SMILES string of the molecule is CN(C)Cc1ccc(B(O)OC(C)(C)C(C)(C)O)cc1. The van der Waals surface area contributed by atoms with Crippen molar-refractivity contribution in [2.75, 3.05) is 14.1 Å². The van der Waals surface area contributed by atoms with Gasteiger partial charge >= 0.3 is 7.12 Å². The molecule has 0 bridgehead atoms. The van der Waals surface area contributed by atoms with Gasteiger partial charge in [0.15, 0.2) is 0 Å². The minimum atomic E-state index is -1.05. The van der Waals surface area contributed by atoms with Crippen LogP contribution in [-0.2, 0) is 11.2 Å². The fourth-order valence-corrected chi connectivity index (χ4v) is 1.64. The Kier molecular flexibility index (Phi) is 5.38. The summed E-state index contributed by atoms with van der Waals surface area (Å²) in [5.41, 5.74) is -0.0364. The minimum absolute atomic E-state index is 0.685. The van der Waals surface area contributed by atoms with E-state index in [1.807, 2.05) is 38.4 Å². The van der Waals surface area contributed by atoms with Gasteiger partial charge in [0.1, 0.15) is 0 Å². The van der Waals surface area contributed by atoms with Gasteiger partial charge in [0.2, 0.25) is 0 Å².